The molecule has 3 nitrogen and oxygen atoms in total. The van der Waals surface area contributed by atoms with Crippen LogP contribution in [-0.4, -0.2) is 5.91 Å². The van der Waals surface area contributed by atoms with Crippen molar-refractivity contribution in [2.24, 2.45) is 5.73 Å². The summed E-state index contributed by atoms with van der Waals surface area (Å²) in [4.78, 5) is 11.9. The fourth-order valence-corrected chi connectivity index (χ4v) is 1.73. The Labute approximate surface area is 115 Å². The van der Waals surface area contributed by atoms with Crippen molar-refractivity contribution < 1.29 is 13.6 Å². The van der Waals surface area contributed by atoms with E-state index in [9.17, 15) is 13.6 Å². The number of halogens is 2. The zero-order valence-electron chi connectivity index (χ0n) is 10.7. The van der Waals surface area contributed by atoms with Crippen molar-refractivity contribution in [3.63, 3.8) is 0 Å². The van der Waals surface area contributed by atoms with Crippen LogP contribution in [0.4, 0.5) is 8.78 Å². The summed E-state index contributed by atoms with van der Waals surface area (Å²) in [6, 6.07) is 10.1. The van der Waals surface area contributed by atoms with Crippen LogP contribution in [0, 0.1) is 11.6 Å². The number of nitrogens with one attached hydrogen (secondary N) is 1. The maximum Gasteiger partial charge on any atom is 0.251 e. The summed E-state index contributed by atoms with van der Waals surface area (Å²) in [5.74, 6) is -1.64. The van der Waals surface area contributed by atoms with Crippen LogP contribution in [0.25, 0.3) is 0 Å². The highest BCUT2D eigenvalue weighted by Crippen LogP contribution is 2.10. The minimum absolute atomic E-state index is 0.00356. The van der Waals surface area contributed by atoms with Crippen LogP contribution in [0.2, 0.25) is 0 Å². The Balaban J connectivity index is 2.00. The molecule has 0 aliphatic carbocycles. The Hall–Kier alpha value is -2.27. The number of hydrogen-bond acceptors (Lipinski definition) is 2. The molecule has 0 atom stereocenters. The molecule has 2 rings (SSSR count). The van der Waals surface area contributed by atoms with E-state index in [0.29, 0.717) is 12.1 Å². The standard InChI is InChI=1S/C15H14F2N2O/c16-13-6-5-12(14(17)7-13)9-19-15(20)11-3-1-10(8-18)2-4-11/h1-7H,8-9,18H2,(H,19,20). The lowest BCUT2D eigenvalue weighted by molar-refractivity contribution is 0.0950. The molecule has 0 bridgehead atoms. The molecule has 1 amide bonds. The Morgan fingerprint density at radius 3 is 2.40 bits per heavy atom. The number of rotatable bonds is 4. The molecule has 0 fully saturated rings. The Morgan fingerprint density at radius 2 is 1.80 bits per heavy atom. The van der Waals surface area contributed by atoms with Crippen LogP contribution < -0.4 is 11.1 Å². The monoisotopic (exact) mass is 276 g/mol. The van der Waals surface area contributed by atoms with Crippen molar-refractivity contribution in [1.82, 2.24) is 5.32 Å². The molecule has 0 saturated carbocycles. The van der Waals surface area contributed by atoms with Gasteiger partial charge in [0.1, 0.15) is 11.6 Å². The number of carbonyl (C=O) groups is 1. The second-order valence-electron chi connectivity index (χ2n) is 4.32. The Bertz CT molecular complexity index is 612. The second kappa shape index (κ2) is 6.25. The number of carbonyl (C=O) groups excluding carboxylic acids is 1. The van der Waals surface area contributed by atoms with E-state index in [0.717, 1.165) is 17.7 Å². The molecule has 2 aromatic rings. The number of hydrogen-bond donors (Lipinski definition) is 2. The van der Waals surface area contributed by atoms with Gasteiger partial charge in [-0.15, -0.1) is 0 Å². The van der Waals surface area contributed by atoms with E-state index in [1.54, 1.807) is 24.3 Å². The van der Waals surface area contributed by atoms with E-state index < -0.39 is 11.6 Å². The van der Waals surface area contributed by atoms with Crippen LogP contribution in [-0.2, 0) is 13.1 Å². The summed E-state index contributed by atoms with van der Waals surface area (Å²) < 4.78 is 26.1. The molecule has 0 unspecified atom stereocenters. The lowest BCUT2D eigenvalue weighted by atomic mass is 10.1. The lowest BCUT2D eigenvalue weighted by Crippen LogP contribution is -2.23. The highest BCUT2D eigenvalue weighted by Gasteiger charge is 2.08. The second-order valence-corrected chi connectivity index (χ2v) is 4.32. The van der Waals surface area contributed by atoms with E-state index in [2.05, 4.69) is 5.32 Å². The van der Waals surface area contributed by atoms with Gasteiger partial charge in [0.05, 0.1) is 0 Å². The fraction of sp³-hybridized carbons (Fsp3) is 0.133. The molecule has 3 N–H and O–H groups in total. The third kappa shape index (κ3) is 3.39. The lowest BCUT2D eigenvalue weighted by Gasteiger charge is -2.07. The molecule has 2 aromatic carbocycles. The zero-order chi connectivity index (χ0) is 14.5. The number of nitrogens with two attached hydrogens (primary N) is 1. The summed E-state index contributed by atoms with van der Waals surface area (Å²) >= 11 is 0. The van der Waals surface area contributed by atoms with Gasteiger partial charge in [-0.05, 0) is 23.8 Å². The molecule has 0 spiro atoms. The topological polar surface area (TPSA) is 55.1 Å². The summed E-state index contributed by atoms with van der Waals surface area (Å²) in [5, 5.41) is 2.58. The van der Waals surface area contributed by atoms with Crippen molar-refractivity contribution in [1.29, 1.82) is 0 Å². The van der Waals surface area contributed by atoms with Crippen molar-refractivity contribution in [3.8, 4) is 0 Å². The minimum atomic E-state index is -0.677. The third-order valence-electron chi connectivity index (χ3n) is 2.91. The smallest absolute Gasteiger partial charge is 0.251 e. The van der Waals surface area contributed by atoms with Gasteiger partial charge in [0.2, 0.25) is 0 Å². The van der Waals surface area contributed by atoms with Crippen molar-refractivity contribution in [2.45, 2.75) is 13.1 Å². The normalized spacial score (nSPS) is 10.3. The van der Waals surface area contributed by atoms with Crippen LogP contribution in [0.1, 0.15) is 21.5 Å². The highest BCUT2D eigenvalue weighted by atomic mass is 19.1. The molecular formula is C15H14F2N2O. The minimum Gasteiger partial charge on any atom is -0.348 e. The quantitative estimate of drug-likeness (QED) is 0.900. The summed E-state index contributed by atoms with van der Waals surface area (Å²) in [6.07, 6.45) is 0. The molecule has 0 radical (unpaired) electrons. The van der Waals surface area contributed by atoms with E-state index in [4.69, 9.17) is 5.73 Å². The van der Waals surface area contributed by atoms with Gasteiger partial charge in [-0.3, -0.25) is 4.79 Å². The zero-order valence-corrected chi connectivity index (χ0v) is 10.7. The molecule has 0 saturated heterocycles. The van der Waals surface area contributed by atoms with Crippen LogP contribution in [0.5, 0.6) is 0 Å². The molecule has 5 heteroatoms. The van der Waals surface area contributed by atoms with Crippen molar-refractivity contribution in [2.75, 3.05) is 0 Å². The van der Waals surface area contributed by atoms with Crippen molar-refractivity contribution in [3.05, 3.63) is 70.8 Å². The molecule has 0 aliphatic rings. The Kier molecular flexibility index (Phi) is 4.42. The van der Waals surface area contributed by atoms with Gasteiger partial charge in [-0.1, -0.05) is 18.2 Å². The molecule has 0 aromatic heterocycles. The van der Waals surface area contributed by atoms with Crippen LogP contribution in [0.3, 0.4) is 0 Å². The van der Waals surface area contributed by atoms with Gasteiger partial charge in [-0.25, -0.2) is 8.78 Å². The molecule has 0 aliphatic heterocycles. The first-order chi connectivity index (χ1) is 9.60. The van der Waals surface area contributed by atoms with E-state index in [1.807, 2.05) is 0 Å². The average molecular weight is 276 g/mol. The first kappa shape index (κ1) is 14.1. The van der Waals surface area contributed by atoms with Crippen LogP contribution >= 0.6 is 0 Å². The van der Waals surface area contributed by atoms with Gasteiger partial charge in [-0.2, -0.15) is 0 Å². The molecule has 104 valence electrons. The van der Waals surface area contributed by atoms with E-state index in [1.165, 1.54) is 6.07 Å². The van der Waals surface area contributed by atoms with Gasteiger partial charge >= 0.3 is 0 Å². The van der Waals surface area contributed by atoms with Gasteiger partial charge in [0.25, 0.3) is 5.91 Å². The fourth-order valence-electron chi connectivity index (χ4n) is 1.73. The van der Waals surface area contributed by atoms with E-state index >= 15 is 0 Å². The average Bonchev–Trinajstić information content (AvgIpc) is 2.46. The SMILES string of the molecule is NCc1ccc(C(=O)NCc2ccc(F)cc2F)cc1. The first-order valence-electron chi connectivity index (χ1n) is 6.11. The Morgan fingerprint density at radius 1 is 1.10 bits per heavy atom. The highest BCUT2D eigenvalue weighted by molar-refractivity contribution is 5.94. The molecule has 0 heterocycles. The summed E-state index contributed by atoms with van der Waals surface area (Å²) in [5.41, 5.74) is 7.09. The maximum atomic E-state index is 13.4. The van der Waals surface area contributed by atoms with Crippen LogP contribution in [0.15, 0.2) is 42.5 Å². The summed E-state index contributed by atoms with van der Waals surface area (Å²) in [7, 11) is 0. The largest absolute Gasteiger partial charge is 0.348 e. The summed E-state index contributed by atoms with van der Waals surface area (Å²) in [6.45, 7) is 0.409. The number of benzene rings is 2. The first-order valence-corrected chi connectivity index (χ1v) is 6.11. The van der Waals surface area contributed by atoms with Gasteiger partial charge in [0.15, 0.2) is 0 Å². The predicted molar refractivity (Wildman–Crippen MR) is 71.9 cm³/mol. The van der Waals surface area contributed by atoms with Gasteiger partial charge < -0.3 is 11.1 Å². The van der Waals surface area contributed by atoms with Gasteiger partial charge in [0, 0.05) is 30.3 Å². The molecule has 20 heavy (non-hydrogen) atoms. The predicted octanol–water partition coefficient (Wildman–Crippen LogP) is 2.35. The third-order valence-corrected chi connectivity index (χ3v) is 2.91. The van der Waals surface area contributed by atoms with Crippen molar-refractivity contribution >= 4 is 5.91 Å². The number of amides is 1. The maximum absolute atomic E-state index is 13.4. The van der Waals surface area contributed by atoms with E-state index in [-0.39, 0.29) is 18.0 Å². The molecular weight excluding hydrogens is 262 g/mol.